The monoisotopic (exact) mass is 647 g/mol. The summed E-state index contributed by atoms with van der Waals surface area (Å²) in [6.07, 6.45) is 0.231. The predicted octanol–water partition coefficient (Wildman–Crippen LogP) is 5.96. The number of rotatable bonds is 14. The molecule has 0 saturated carbocycles. The molecular formula is C35H38ClN3O5S. The van der Waals surface area contributed by atoms with Crippen molar-refractivity contribution in [2.24, 2.45) is 5.92 Å². The van der Waals surface area contributed by atoms with Crippen molar-refractivity contribution in [3.8, 4) is 5.75 Å². The van der Waals surface area contributed by atoms with Crippen molar-refractivity contribution >= 4 is 39.1 Å². The summed E-state index contributed by atoms with van der Waals surface area (Å²) in [6, 6.07) is 30.2. The summed E-state index contributed by atoms with van der Waals surface area (Å²) < 4.78 is 34.9. The Balaban J connectivity index is 1.82. The molecule has 0 unspecified atom stereocenters. The van der Waals surface area contributed by atoms with Crippen LogP contribution in [0.25, 0.3) is 0 Å². The van der Waals surface area contributed by atoms with Crippen molar-refractivity contribution in [2.45, 2.75) is 37.8 Å². The normalized spacial score (nSPS) is 11.9. The van der Waals surface area contributed by atoms with Crippen LogP contribution in [0.3, 0.4) is 0 Å². The lowest BCUT2D eigenvalue weighted by molar-refractivity contribution is -0.140. The Labute approximate surface area is 270 Å². The number of methoxy groups -OCH3 is 1. The number of nitrogens with one attached hydrogen (secondary N) is 1. The largest absolute Gasteiger partial charge is 0.495 e. The SMILES string of the molecule is COc1ccc(Cl)cc1N(CC(=O)N(Cc1ccccc1)[C@H](Cc1ccccc1)C(=O)NCC(C)C)S(=O)(=O)c1ccccc1. The number of nitrogens with zero attached hydrogens (tertiary/aromatic N) is 2. The fourth-order valence-corrected chi connectivity index (χ4v) is 6.45. The molecule has 0 aliphatic carbocycles. The van der Waals surface area contributed by atoms with Gasteiger partial charge in [0, 0.05) is 24.5 Å². The average molecular weight is 648 g/mol. The molecule has 0 radical (unpaired) electrons. The third-order valence-electron chi connectivity index (χ3n) is 7.17. The first-order valence-corrected chi connectivity index (χ1v) is 16.5. The highest BCUT2D eigenvalue weighted by Gasteiger charge is 2.35. The number of amides is 2. The van der Waals surface area contributed by atoms with Crippen molar-refractivity contribution < 1.29 is 22.7 Å². The number of anilines is 1. The lowest BCUT2D eigenvalue weighted by Gasteiger charge is -2.34. The molecule has 1 N–H and O–H groups in total. The molecule has 0 bridgehead atoms. The molecule has 2 amide bonds. The molecule has 8 nitrogen and oxygen atoms in total. The van der Waals surface area contributed by atoms with E-state index < -0.39 is 28.5 Å². The van der Waals surface area contributed by atoms with Crippen LogP contribution in [0.4, 0.5) is 5.69 Å². The van der Waals surface area contributed by atoms with Crippen LogP contribution in [-0.2, 0) is 32.6 Å². The maximum atomic E-state index is 14.5. The maximum Gasteiger partial charge on any atom is 0.264 e. The van der Waals surface area contributed by atoms with Crippen LogP contribution < -0.4 is 14.4 Å². The second kappa shape index (κ2) is 15.6. The van der Waals surface area contributed by atoms with E-state index in [0.717, 1.165) is 15.4 Å². The zero-order valence-electron chi connectivity index (χ0n) is 25.6. The van der Waals surface area contributed by atoms with Crippen molar-refractivity contribution in [3.05, 3.63) is 125 Å². The van der Waals surface area contributed by atoms with Gasteiger partial charge >= 0.3 is 0 Å². The molecule has 0 aliphatic rings. The Morgan fingerprint density at radius 3 is 2.00 bits per heavy atom. The topological polar surface area (TPSA) is 96.0 Å². The summed E-state index contributed by atoms with van der Waals surface area (Å²) >= 11 is 6.34. The highest BCUT2D eigenvalue weighted by atomic mass is 35.5. The maximum absolute atomic E-state index is 14.5. The van der Waals surface area contributed by atoms with E-state index in [2.05, 4.69) is 5.32 Å². The van der Waals surface area contributed by atoms with Gasteiger partial charge in [-0.25, -0.2) is 8.42 Å². The molecule has 45 heavy (non-hydrogen) atoms. The third kappa shape index (κ3) is 8.86. The van der Waals surface area contributed by atoms with Gasteiger partial charge in [0.05, 0.1) is 17.7 Å². The molecule has 10 heteroatoms. The van der Waals surface area contributed by atoms with E-state index >= 15 is 0 Å². The standard InChI is InChI=1S/C35H38ClN3O5S/c1-26(2)23-37-35(41)32(21-27-13-7-4-8-14-27)38(24-28-15-9-5-10-16-28)34(40)25-39(31-22-29(36)19-20-33(31)44-3)45(42,43)30-17-11-6-12-18-30/h4-20,22,26,32H,21,23-25H2,1-3H3,(H,37,41)/t32-/m1/s1. The van der Waals surface area contributed by atoms with E-state index in [1.54, 1.807) is 30.3 Å². The Morgan fingerprint density at radius 2 is 1.42 bits per heavy atom. The van der Waals surface area contributed by atoms with Gasteiger partial charge in [0.15, 0.2) is 0 Å². The molecule has 1 atom stereocenters. The summed E-state index contributed by atoms with van der Waals surface area (Å²) in [6.45, 7) is 3.88. The van der Waals surface area contributed by atoms with Crippen molar-refractivity contribution in [1.82, 2.24) is 10.2 Å². The predicted molar refractivity (Wildman–Crippen MR) is 178 cm³/mol. The number of carbonyl (C=O) groups excluding carboxylic acids is 2. The smallest absolute Gasteiger partial charge is 0.264 e. The molecule has 0 aliphatic heterocycles. The Morgan fingerprint density at radius 1 is 0.844 bits per heavy atom. The lowest BCUT2D eigenvalue weighted by Crippen LogP contribution is -2.53. The van der Waals surface area contributed by atoms with Gasteiger partial charge in [-0.05, 0) is 47.4 Å². The fourth-order valence-electron chi connectivity index (χ4n) is 4.85. The summed E-state index contributed by atoms with van der Waals surface area (Å²) in [4.78, 5) is 29.8. The minimum atomic E-state index is -4.28. The number of benzene rings is 4. The molecule has 0 saturated heterocycles. The zero-order valence-corrected chi connectivity index (χ0v) is 27.2. The molecule has 4 rings (SSSR count). The van der Waals surface area contributed by atoms with E-state index in [4.69, 9.17) is 16.3 Å². The van der Waals surface area contributed by atoms with Gasteiger partial charge in [-0.1, -0.05) is 104 Å². The van der Waals surface area contributed by atoms with E-state index in [1.165, 1.54) is 30.2 Å². The number of hydrogen-bond acceptors (Lipinski definition) is 5. The van der Waals surface area contributed by atoms with Crippen LogP contribution in [-0.4, -0.2) is 51.4 Å². The van der Waals surface area contributed by atoms with Crippen LogP contribution in [0, 0.1) is 5.92 Å². The number of carbonyl (C=O) groups is 2. The molecular weight excluding hydrogens is 610 g/mol. The molecule has 236 valence electrons. The quantitative estimate of drug-likeness (QED) is 0.182. The van der Waals surface area contributed by atoms with Crippen molar-refractivity contribution in [2.75, 3.05) is 24.5 Å². The van der Waals surface area contributed by atoms with Gasteiger partial charge in [-0.2, -0.15) is 0 Å². The number of hydrogen-bond donors (Lipinski definition) is 1. The number of ether oxygens (including phenoxy) is 1. The van der Waals surface area contributed by atoms with Crippen LogP contribution >= 0.6 is 11.6 Å². The summed E-state index contributed by atoms with van der Waals surface area (Å²) in [5.41, 5.74) is 1.75. The van der Waals surface area contributed by atoms with Gasteiger partial charge in [0.2, 0.25) is 11.8 Å². The first-order valence-electron chi connectivity index (χ1n) is 14.7. The minimum Gasteiger partial charge on any atom is -0.495 e. The first-order chi connectivity index (χ1) is 21.6. The second-order valence-corrected chi connectivity index (χ2v) is 13.3. The van der Waals surface area contributed by atoms with Crippen molar-refractivity contribution in [3.63, 3.8) is 0 Å². The van der Waals surface area contributed by atoms with Crippen LogP contribution in [0.2, 0.25) is 5.02 Å². The Hall–Kier alpha value is -4.34. The van der Waals surface area contributed by atoms with E-state index in [1.807, 2.05) is 74.5 Å². The molecule has 0 fully saturated rings. The highest BCUT2D eigenvalue weighted by Crippen LogP contribution is 2.35. The average Bonchev–Trinajstić information content (AvgIpc) is 3.05. The second-order valence-electron chi connectivity index (χ2n) is 11.0. The zero-order chi connectivity index (χ0) is 32.4. The van der Waals surface area contributed by atoms with Crippen molar-refractivity contribution in [1.29, 1.82) is 0 Å². The molecule has 0 aromatic heterocycles. The van der Waals surface area contributed by atoms with Crippen LogP contribution in [0.5, 0.6) is 5.75 Å². The fraction of sp³-hybridized carbons (Fsp3) is 0.257. The van der Waals surface area contributed by atoms with Gasteiger partial charge in [-0.15, -0.1) is 0 Å². The van der Waals surface area contributed by atoms with Gasteiger partial charge in [0.25, 0.3) is 10.0 Å². The Bertz CT molecular complexity index is 1670. The van der Waals surface area contributed by atoms with E-state index in [9.17, 15) is 18.0 Å². The van der Waals surface area contributed by atoms with E-state index in [0.29, 0.717) is 6.54 Å². The van der Waals surface area contributed by atoms with Gasteiger partial charge in [-0.3, -0.25) is 13.9 Å². The molecule has 4 aromatic rings. The van der Waals surface area contributed by atoms with E-state index in [-0.39, 0.29) is 46.1 Å². The molecule has 0 heterocycles. The van der Waals surface area contributed by atoms with Crippen LogP contribution in [0.15, 0.2) is 114 Å². The third-order valence-corrected chi connectivity index (χ3v) is 9.18. The number of sulfonamides is 1. The van der Waals surface area contributed by atoms with Gasteiger partial charge < -0.3 is 15.0 Å². The summed E-state index contributed by atoms with van der Waals surface area (Å²) in [5.74, 6) is -0.487. The highest BCUT2D eigenvalue weighted by molar-refractivity contribution is 7.92. The molecule has 0 spiro atoms. The Kier molecular flexibility index (Phi) is 11.6. The van der Waals surface area contributed by atoms with Gasteiger partial charge in [0.1, 0.15) is 18.3 Å². The number of halogens is 1. The summed E-state index contributed by atoms with van der Waals surface area (Å²) in [7, 11) is -2.87. The van der Waals surface area contributed by atoms with Crippen LogP contribution in [0.1, 0.15) is 25.0 Å². The lowest BCUT2D eigenvalue weighted by atomic mass is 10.0. The first kappa shape index (κ1) is 33.6. The minimum absolute atomic E-state index is 0.00931. The summed E-state index contributed by atoms with van der Waals surface area (Å²) in [5, 5.41) is 3.25. The molecule has 4 aromatic carbocycles.